The Balaban J connectivity index is 0. The van der Waals surface area contributed by atoms with Crippen LogP contribution >= 0.6 is 11.6 Å². The molecule has 15 heavy (non-hydrogen) atoms. The van der Waals surface area contributed by atoms with Gasteiger partial charge in [-0.2, -0.15) is 0 Å². The second kappa shape index (κ2) is 11.0. The van der Waals surface area contributed by atoms with Gasteiger partial charge in [-0.25, -0.2) is 0 Å². The Morgan fingerprint density at radius 2 is 1.33 bits per heavy atom. The number of halogens is 2. The molecule has 0 aromatic rings. The molecule has 0 aliphatic carbocycles. The highest BCUT2D eigenvalue weighted by molar-refractivity contribution is 6.16. The second-order valence-corrected chi connectivity index (χ2v) is 5.14. The first-order valence-electron chi connectivity index (χ1n) is 6.00. The van der Waals surface area contributed by atoms with Crippen LogP contribution in [0.3, 0.4) is 0 Å². The van der Waals surface area contributed by atoms with Gasteiger partial charge in [0.2, 0.25) is 0 Å². The summed E-state index contributed by atoms with van der Waals surface area (Å²) in [5.41, 5.74) is 0. The molecule has 0 spiro atoms. The molecule has 0 aromatic heterocycles. The number of nitrogens with zero attached hydrogens (tertiary/aromatic N) is 1. The smallest absolute Gasteiger partial charge is 0.154 e. The lowest BCUT2D eigenvalue weighted by molar-refractivity contribution is -0.879. The van der Waals surface area contributed by atoms with E-state index in [9.17, 15) is 0 Å². The van der Waals surface area contributed by atoms with E-state index in [0.717, 1.165) is 10.5 Å². The van der Waals surface area contributed by atoms with Gasteiger partial charge in [0, 0.05) is 0 Å². The summed E-state index contributed by atoms with van der Waals surface area (Å²) >= 11 is 5.85. The molecule has 1 nitrogen and oxygen atoms in total. The van der Waals surface area contributed by atoms with E-state index in [0.29, 0.717) is 0 Å². The lowest BCUT2D eigenvalue weighted by atomic mass is 10.1. The number of rotatable bonds is 9. The number of hydrogen-bond acceptors (Lipinski definition) is 0. The van der Waals surface area contributed by atoms with Crippen LogP contribution in [0.2, 0.25) is 0 Å². The maximum atomic E-state index is 5.85. The van der Waals surface area contributed by atoms with E-state index in [1.165, 1.54) is 51.5 Å². The van der Waals surface area contributed by atoms with Gasteiger partial charge in [-0.1, -0.05) is 50.6 Å². The summed E-state index contributed by atoms with van der Waals surface area (Å²) in [6.45, 7) is 3.48. The highest BCUT2D eigenvalue weighted by Crippen LogP contribution is 2.09. The summed E-state index contributed by atoms with van der Waals surface area (Å²) in [4.78, 5) is 0. The van der Waals surface area contributed by atoms with E-state index in [2.05, 4.69) is 21.0 Å². The summed E-state index contributed by atoms with van der Waals surface area (Å²) in [5.74, 6) is 0. The van der Waals surface area contributed by atoms with E-state index in [-0.39, 0.29) is 12.4 Å². The largest absolute Gasteiger partial charge is 1.00 e. The van der Waals surface area contributed by atoms with Crippen molar-refractivity contribution in [1.29, 1.82) is 0 Å². The predicted molar refractivity (Wildman–Crippen MR) is 65.7 cm³/mol. The van der Waals surface area contributed by atoms with Gasteiger partial charge in [0.05, 0.1) is 20.6 Å². The molecule has 3 heteroatoms. The SMILES string of the molecule is CCCCCCCCC[N+](C)(C)CCl.[Cl-]. The summed E-state index contributed by atoms with van der Waals surface area (Å²) in [6, 6.07) is 0.732. The normalized spacial score (nSPS) is 11.2. The minimum atomic E-state index is 0. The minimum absolute atomic E-state index is 0. The Morgan fingerprint density at radius 1 is 0.867 bits per heavy atom. The maximum Gasteiger partial charge on any atom is 0.154 e. The van der Waals surface area contributed by atoms with Crippen LogP contribution < -0.4 is 12.4 Å². The van der Waals surface area contributed by atoms with Crippen LogP contribution in [0.4, 0.5) is 0 Å². The van der Waals surface area contributed by atoms with Gasteiger partial charge in [-0.05, 0) is 12.8 Å². The fourth-order valence-electron chi connectivity index (χ4n) is 1.56. The van der Waals surface area contributed by atoms with Crippen molar-refractivity contribution >= 4 is 11.6 Å². The zero-order valence-electron chi connectivity index (χ0n) is 10.6. The fourth-order valence-corrected chi connectivity index (χ4v) is 1.68. The van der Waals surface area contributed by atoms with Gasteiger partial charge in [0.25, 0.3) is 0 Å². The molecule has 0 rings (SSSR count). The van der Waals surface area contributed by atoms with Gasteiger partial charge in [0.1, 0.15) is 0 Å². The van der Waals surface area contributed by atoms with Crippen LogP contribution in [-0.4, -0.2) is 31.1 Å². The molecular weight excluding hydrogens is 229 g/mol. The molecular formula is C12H27Cl2N. The van der Waals surface area contributed by atoms with Crippen molar-refractivity contribution in [2.24, 2.45) is 0 Å². The quantitative estimate of drug-likeness (QED) is 0.250. The van der Waals surface area contributed by atoms with Crippen LogP contribution in [0.5, 0.6) is 0 Å². The average Bonchev–Trinajstić information content (AvgIpc) is 2.16. The molecule has 0 bridgehead atoms. The predicted octanol–water partition coefficient (Wildman–Crippen LogP) is 1.01. The number of quaternary nitrogens is 1. The Bertz CT molecular complexity index is 127. The third-order valence-electron chi connectivity index (χ3n) is 2.69. The van der Waals surface area contributed by atoms with Crippen molar-refractivity contribution in [1.82, 2.24) is 0 Å². The molecule has 0 fully saturated rings. The highest BCUT2D eigenvalue weighted by Gasteiger charge is 2.11. The van der Waals surface area contributed by atoms with Crippen molar-refractivity contribution < 1.29 is 16.9 Å². The van der Waals surface area contributed by atoms with Crippen LogP contribution in [0.1, 0.15) is 51.9 Å². The van der Waals surface area contributed by atoms with E-state index in [1.54, 1.807) is 0 Å². The molecule has 0 aromatic carbocycles. The standard InChI is InChI=1S/C12H27ClN.ClH/c1-4-5-6-7-8-9-10-11-14(2,3)12-13;/h4-12H2,1-3H3;1H/q+1;/p-1. The number of unbranched alkanes of at least 4 members (excludes halogenated alkanes) is 6. The summed E-state index contributed by atoms with van der Waals surface area (Å²) in [6.07, 6.45) is 9.70. The second-order valence-electron chi connectivity index (χ2n) is 4.90. The molecule has 94 valence electrons. The Kier molecular flexibility index (Phi) is 13.2. The van der Waals surface area contributed by atoms with Crippen LogP contribution in [0.25, 0.3) is 0 Å². The third kappa shape index (κ3) is 12.5. The van der Waals surface area contributed by atoms with Crippen LogP contribution in [0.15, 0.2) is 0 Å². The van der Waals surface area contributed by atoms with Crippen molar-refractivity contribution in [3.8, 4) is 0 Å². The first kappa shape index (κ1) is 17.9. The topological polar surface area (TPSA) is 0 Å². The van der Waals surface area contributed by atoms with Gasteiger partial charge in [-0.15, -0.1) is 0 Å². The van der Waals surface area contributed by atoms with E-state index < -0.39 is 0 Å². The lowest BCUT2D eigenvalue weighted by Gasteiger charge is -2.26. The lowest BCUT2D eigenvalue weighted by Crippen LogP contribution is -3.00. The summed E-state index contributed by atoms with van der Waals surface area (Å²) < 4.78 is 0.955. The summed E-state index contributed by atoms with van der Waals surface area (Å²) in [5, 5.41) is 0. The van der Waals surface area contributed by atoms with Crippen molar-refractivity contribution in [3.05, 3.63) is 0 Å². The maximum absolute atomic E-state index is 5.85. The fraction of sp³-hybridized carbons (Fsp3) is 1.00. The molecule has 0 radical (unpaired) electrons. The van der Waals surface area contributed by atoms with Crippen LogP contribution in [0, 0.1) is 0 Å². The first-order valence-corrected chi connectivity index (χ1v) is 6.54. The monoisotopic (exact) mass is 255 g/mol. The van der Waals surface area contributed by atoms with Gasteiger partial charge < -0.3 is 16.9 Å². The summed E-state index contributed by atoms with van der Waals surface area (Å²) in [7, 11) is 4.40. The van der Waals surface area contributed by atoms with Crippen LogP contribution in [-0.2, 0) is 0 Å². The first-order chi connectivity index (χ1) is 6.62. The van der Waals surface area contributed by atoms with Crippen molar-refractivity contribution in [2.75, 3.05) is 26.6 Å². The van der Waals surface area contributed by atoms with E-state index >= 15 is 0 Å². The molecule has 0 atom stereocenters. The minimum Gasteiger partial charge on any atom is -1.00 e. The van der Waals surface area contributed by atoms with Gasteiger partial charge in [0.15, 0.2) is 6.00 Å². The number of hydrogen-bond donors (Lipinski definition) is 0. The average molecular weight is 256 g/mol. The van der Waals surface area contributed by atoms with Gasteiger partial charge >= 0.3 is 0 Å². The molecule has 0 aliphatic heterocycles. The van der Waals surface area contributed by atoms with Crippen molar-refractivity contribution in [2.45, 2.75) is 51.9 Å². The molecule has 0 aliphatic rings. The van der Waals surface area contributed by atoms with Gasteiger partial charge in [-0.3, -0.25) is 0 Å². The highest BCUT2D eigenvalue weighted by atomic mass is 35.5. The Labute approximate surface area is 107 Å². The zero-order valence-corrected chi connectivity index (χ0v) is 12.1. The number of alkyl halides is 1. The Hall–Kier alpha value is 0.540. The zero-order chi connectivity index (χ0) is 10.9. The van der Waals surface area contributed by atoms with Crippen molar-refractivity contribution in [3.63, 3.8) is 0 Å². The third-order valence-corrected chi connectivity index (χ3v) is 3.34. The van der Waals surface area contributed by atoms with E-state index in [4.69, 9.17) is 11.6 Å². The molecule has 0 heterocycles. The molecule has 0 saturated carbocycles. The Morgan fingerprint density at radius 3 is 1.80 bits per heavy atom. The van der Waals surface area contributed by atoms with E-state index in [1.807, 2.05) is 0 Å². The molecule has 0 saturated heterocycles. The molecule has 0 unspecified atom stereocenters. The molecule has 0 amide bonds. The molecule has 0 N–H and O–H groups in total.